The number of aryl methyl sites for hydroxylation is 2. The van der Waals surface area contributed by atoms with Crippen LogP contribution in [-0.4, -0.2) is 29.3 Å². The van der Waals surface area contributed by atoms with E-state index in [1.54, 1.807) is 0 Å². The number of anilines is 1. The zero-order valence-electron chi connectivity index (χ0n) is 15.1. The second-order valence-electron chi connectivity index (χ2n) is 6.98. The Morgan fingerprint density at radius 1 is 1.15 bits per heavy atom. The first-order chi connectivity index (χ1) is 13.0. The number of hydrogen-bond donors (Lipinski definition) is 2. The van der Waals surface area contributed by atoms with Crippen molar-refractivity contribution in [3.05, 3.63) is 65.2 Å². The van der Waals surface area contributed by atoms with E-state index in [9.17, 15) is 14.4 Å². The molecule has 1 aliphatic carbocycles. The number of rotatable bonds is 4. The topological polar surface area (TPSA) is 78.5 Å². The largest absolute Gasteiger partial charge is 0.325 e. The van der Waals surface area contributed by atoms with E-state index in [-0.39, 0.29) is 12.5 Å². The van der Waals surface area contributed by atoms with Gasteiger partial charge >= 0.3 is 6.03 Å². The van der Waals surface area contributed by atoms with Crippen molar-refractivity contribution in [2.24, 2.45) is 0 Å². The third kappa shape index (κ3) is 2.87. The van der Waals surface area contributed by atoms with E-state index >= 15 is 0 Å². The molecule has 0 unspecified atom stereocenters. The molecule has 4 amide bonds. The Morgan fingerprint density at radius 2 is 1.89 bits per heavy atom. The molecule has 4 rings (SSSR count). The lowest BCUT2D eigenvalue weighted by Crippen LogP contribution is -2.42. The van der Waals surface area contributed by atoms with Crippen molar-refractivity contribution < 1.29 is 14.4 Å². The molecule has 0 saturated carbocycles. The van der Waals surface area contributed by atoms with Gasteiger partial charge < -0.3 is 10.6 Å². The van der Waals surface area contributed by atoms with Gasteiger partial charge in [0.05, 0.1) is 0 Å². The average molecular weight is 363 g/mol. The number of carbonyl (C=O) groups is 3. The second-order valence-corrected chi connectivity index (χ2v) is 6.98. The first kappa shape index (κ1) is 17.3. The molecule has 1 heterocycles. The first-order valence-electron chi connectivity index (χ1n) is 9.15. The number of imide groups is 1. The zero-order chi connectivity index (χ0) is 19.0. The fraction of sp³-hybridized carbons (Fsp3) is 0.286. The van der Waals surface area contributed by atoms with Crippen molar-refractivity contribution in [3.8, 4) is 0 Å². The summed E-state index contributed by atoms with van der Waals surface area (Å²) < 4.78 is 0. The Labute approximate surface area is 157 Å². The highest BCUT2D eigenvalue weighted by Crippen LogP contribution is 2.41. The van der Waals surface area contributed by atoms with Crippen LogP contribution in [0.15, 0.2) is 48.5 Å². The maximum Gasteiger partial charge on any atom is 0.325 e. The molecule has 6 heteroatoms. The Balaban J connectivity index is 1.49. The summed E-state index contributed by atoms with van der Waals surface area (Å²) in [6.45, 7) is 1.76. The third-order valence-electron chi connectivity index (χ3n) is 5.37. The molecular weight excluding hydrogens is 342 g/mol. The number of carbonyl (C=O) groups excluding carboxylic acids is 3. The Bertz CT molecular complexity index is 923. The molecule has 0 aromatic heterocycles. The van der Waals surface area contributed by atoms with Crippen LogP contribution in [0.5, 0.6) is 0 Å². The van der Waals surface area contributed by atoms with Gasteiger partial charge in [0.1, 0.15) is 12.1 Å². The van der Waals surface area contributed by atoms with Crippen LogP contribution in [0.25, 0.3) is 0 Å². The van der Waals surface area contributed by atoms with Crippen LogP contribution in [0.1, 0.15) is 30.0 Å². The Morgan fingerprint density at radius 3 is 2.63 bits per heavy atom. The highest BCUT2D eigenvalue weighted by atomic mass is 16.2. The summed E-state index contributed by atoms with van der Waals surface area (Å²) in [5.41, 5.74) is 2.68. The zero-order valence-corrected chi connectivity index (χ0v) is 15.1. The lowest BCUT2D eigenvalue weighted by atomic mass is 9.92. The molecule has 2 aliphatic rings. The van der Waals surface area contributed by atoms with Crippen LogP contribution in [0.3, 0.4) is 0 Å². The normalized spacial score (nSPS) is 20.7. The van der Waals surface area contributed by atoms with Gasteiger partial charge in [0.25, 0.3) is 5.91 Å². The molecule has 138 valence electrons. The van der Waals surface area contributed by atoms with Crippen LogP contribution in [0, 0.1) is 0 Å². The minimum atomic E-state index is -1.03. The predicted octanol–water partition coefficient (Wildman–Crippen LogP) is 2.58. The summed E-state index contributed by atoms with van der Waals surface area (Å²) in [4.78, 5) is 38.9. The maximum absolute atomic E-state index is 13.0. The molecule has 27 heavy (non-hydrogen) atoms. The lowest BCUT2D eigenvalue weighted by molar-refractivity contribution is -0.134. The molecule has 1 aliphatic heterocycles. The van der Waals surface area contributed by atoms with Gasteiger partial charge in [-0.15, -0.1) is 0 Å². The highest BCUT2D eigenvalue weighted by Gasteiger charge is 2.55. The fourth-order valence-electron chi connectivity index (χ4n) is 3.90. The summed E-state index contributed by atoms with van der Waals surface area (Å²) in [6, 6.07) is 14.6. The van der Waals surface area contributed by atoms with E-state index in [1.165, 1.54) is 5.56 Å². The van der Waals surface area contributed by atoms with Gasteiger partial charge in [0.2, 0.25) is 5.91 Å². The van der Waals surface area contributed by atoms with Gasteiger partial charge in [0.15, 0.2) is 0 Å². The van der Waals surface area contributed by atoms with E-state index in [0.29, 0.717) is 12.1 Å². The lowest BCUT2D eigenvalue weighted by Gasteiger charge is -2.22. The van der Waals surface area contributed by atoms with Crippen molar-refractivity contribution in [2.75, 3.05) is 11.9 Å². The Hall–Kier alpha value is -3.15. The molecule has 1 saturated heterocycles. The van der Waals surface area contributed by atoms with E-state index in [1.807, 2.05) is 48.5 Å². The van der Waals surface area contributed by atoms with Gasteiger partial charge in [-0.2, -0.15) is 0 Å². The third-order valence-corrected chi connectivity index (χ3v) is 5.37. The molecule has 2 aromatic carbocycles. The number of nitrogens with one attached hydrogen (secondary N) is 2. The van der Waals surface area contributed by atoms with Gasteiger partial charge in [-0.1, -0.05) is 43.3 Å². The van der Waals surface area contributed by atoms with Crippen molar-refractivity contribution in [1.29, 1.82) is 0 Å². The smallest absolute Gasteiger partial charge is 0.325 e. The predicted molar refractivity (Wildman–Crippen MR) is 101 cm³/mol. The van der Waals surface area contributed by atoms with Crippen LogP contribution in [0.4, 0.5) is 10.5 Å². The molecular formula is C21H21N3O3. The van der Waals surface area contributed by atoms with Gasteiger partial charge in [-0.25, -0.2) is 4.79 Å². The van der Waals surface area contributed by atoms with Crippen molar-refractivity contribution in [2.45, 2.75) is 31.7 Å². The van der Waals surface area contributed by atoms with Gasteiger partial charge in [-0.3, -0.25) is 14.5 Å². The van der Waals surface area contributed by atoms with E-state index in [4.69, 9.17) is 0 Å². The van der Waals surface area contributed by atoms with Crippen LogP contribution >= 0.6 is 0 Å². The fourth-order valence-corrected chi connectivity index (χ4v) is 3.90. The number of nitrogens with zero attached hydrogens (tertiary/aromatic N) is 1. The van der Waals surface area contributed by atoms with Crippen LogP contribution in [-0.2, 0) is 28.0 Å². The summed E-state index contributed by atoms with van der Waals surface area (Å²) >= 11 is 0. The number of fused-ring (bicyclic) bond motifs is 2. The summed E-state index contributed by atoms with van der Waals surface area (Å²) in [5.74, 6) is -0.750. The van der Waals surface area contributed by atoms with Crippen LogP contribution in [0.2, 0.25) is 0 Å². The standard InChI is InChI=1S/C21H21N3O3/c1-2-14-7-9-16(10-8-14)22-18(25)13-24-19(26)21(23-20(24)27)12-11-15-5-3-4-6-17(15)21/h3-10H,2,11-13H2,1H3,(H,22,25)(H,23,27)/t21-/m1/s1. The monoisotopic (exact) mass is 363 g/mol. The SMILES string of the molecule is CCc1ccc(NC(=O)CN2C(=O)N[C@@]3(CCc4ccccc43)C2=O)cc1. The highest BCUT2D eigenvalue weighted by molar-refractivity contribution is 6.10. The molecule has 1 atom stereocenters. The molecule has 0 radical (unpaired) electrons. The van der Waals surface area contributed by atoms with Gasteiger partial charge in [-0.05, 0) is 48.1 Å². The minimum Gasteiger partial charge on any atom is -0.325 e. The van der Waals surface area contributed by atoms with Crippen molar-refractivity contribution >= 4 is 23.5 Å². The summed E-state index contributed by atoms with van der Waals surface area (Å²) in [6.07, 6.45) is 2.17. The van der Waals surface area contributed by atoms with Crippen LogP contribution < -0.4 is 10.6 Å². The second kappa shape index (κ2) is 6.54. The van der Waals surface area contributed by atoms with Crippen molar-refractivity contribution in [3.63, 3.8) is 0 Å². The first-order valence-corrected chi connectivity index (χ1v) is 9.15. The quantitative estimate of drug-likeness (QED) is 0.820. The molecule has 2 N–H and O–H groups in total. The molecule has 1 spiro atoms. The Kier molecular flexibility index (Phi) is 4.18. The summed E-state index contributed by atoms with van der Waals surface area (Å²) in [5, 5.41) is 5.57. The minimum absolute atomic E-state index is 0.301. The molecule has 6 nitrogen and oxygen atoms in total. The van der Waals surface area contributed by atoms with E-state index in [2.05, 4.69) is 17.6 Å². The van der Waals surface area contributed by atoms with Crippen molar-refractivity contribution in [1.82, 2.24) is 10.2 Å². The van der Waals surface area contributed by atoms with E-state index in [0.717, 1.165) is 28.9 Å². The number of amides is 4. The number of urea groups is 1. The van der Waals surface area contributed by atoms with E-state index < -0.39 is 17.5 Å². The molecule has 0 bridgehead atoms. The van der Waals surface area contributed by atoms with Gasteiger partial charge in [0, 0.05) is 5.69 Å². The maximum atomic E-state index is 13.0. The molecule has 1 fully saturated rings. The number of benzene rings is 2. The summed E-state index contributed by atoms with van der Waals surface area (Å²) in [7, 11) is 0. The average Bonchev–Trinajstić information content (AvgIpc) is 3.16. The number of hydrogen-bond acceptors (Lipinski definition) is 3. The molecule has 2 aromatic rings.